The number of carbonyl (C=O) groups is 2. The van der Waals surface area contributed by atoms with E-state index >= 15 is 0 Å². The van der Waals surface area contributed by atoms with Gasteiger partial charge >= 0.3 is 5.97 Å². The minimum atomic E-state index is -3.60. The molecule has 1 saturated heterocycles. The Kier molecular flexibility index (Phi) is 3.51. The Hall–Kier alpha value is -1.11. The molecule has 0 radical (unpaired) electrons. The van der Waals surface area contributed by atoms with E-state index < -0.39 is 32.0 Å². The molecule has 1 aliphatic heterocycles. The zero-order valence-corrected chi connectivity index (χ0v) is 11.9. The molecule has 1 aliphatic rings. The van der Waals surface area contributed by atoms with Gasteiger partial charge in [-0.25, -0.2) is 13.2 Å². The molecule has 0 aliphatic carbocycles. The molecule has 18 heavy (non-hydrogen) atoms. The maximum absolute atomic E-state index is 12.3. The first-order valence-electron chi connectivity index (χ1n) is 5.69. The topological polar surface area (TPSA) is 91.8 Å². The van der Waals surface area contributed by atoms with E-state index in [9.17, 15) is 23.1 Å². The maximum atomic E-state index is 12.3. The zero-order chi connectivity index (χ0) is 14.4. The number of hydrogen-bond donors (Lipinski definition) is 1. The van der Waals surface area contributed by atoms with Gasteiger partial charge in [0.05, 0.1) is 0 Å². The van der Waals surface area contributed by atoms with Crippen molar-refractivity contribution in [1.29, 1.82) is 0 Å². The van der Waals surface area contributed by atoms with Crippen molar-refractivity contribution in [3.63, 3.8) is 0 Å². The summed E-state index contributed by atoms with van der Waals surface area (Å²) < 4.78 is 21.7. The van der Waals surface area contributed by atoms with Crippen LogP contribution >= 0.6 is 0 Å². The number of hydrogen-bond acceptors (Lipinski definition) is 4. The molecule has 1 amide bonds. The van der Waals surface area contributed by atoms with E-state index in [0.29, 0.717) is 12.8 Å². The van der Waals surface area contributed by atoms with E-state index in [1.807, 2.05) is 0 Å². The first kappa shape index (κ1) is 14.9. The van der Waals surface area contributed by atoms with Gasteiger partial charge in [-0.15, -0.1) is 0 Å². The van der Waals surface area contributed by atoms with Crippen molar-refractivity contribution in [2.45, 2.75) is 43.9 Å². The van der Waals surface area contributed by atoms with E-state index in [2.05, 4.69) is 0 Å². The number of carbonyl (C=O) groups excluding carboxylic acids is 1. The van der Waals surface area contributed by atoms with Crippen molar-refractivity contribution in [1.82, 2.24) is 4.90 Å². The van der Waals surface area contributed by atoms with Crippen molar-refractivity contribution in [3.05, 3.63) is 0 Å². The summed E-state index contributed by atoms with van der Waals surface area (Å²) in [5.41, 5.74) is -1.31. The van der Waals surface area contributed by atoms with Gasteiger partial charge in [0.15, 0.2) is 9.84 Å². The SMILES string of the molecule is CC1(C(=O)O)CCCN1C(=O)C(C)(C)S(C)(=O)=O. The molecule has 0 aromatic rings. The number of nitrogens with zero attached hydrogens (tertiary/aromatic N) is 1. The van der Waals surface area contributed by atoms with Crippen LogP contribution in [0.5, 0.6) is 0 Å². The fourth-order valence-corrected chi connectivity index (χ4v) is 2.42. The summed E-state index contributed by atoms with van der Waals surface area (Å²) in [6.07, 6.45) is 1.89. The predicted molar refractivity (Wildman–Crippen MR) is 65.9 cm³/mol. The Morgan fingerprint density at radius 1 is 1.33 bits per heavy atom. The molecule has 7 heteroatoms. The molecule has 1 heterocycles. The van der Waals surface area contributed by atoms with Crippen LogP contribution in [0.15, 0.2) is 0 Å². The monoisotopic (exact) mass is 277 g/mol. The van der Waals surface area contributed by atoms with Crippen LogP contribution in [0.25, 0.3) is 0 Å². The highest BCUT2D eigenvalue weighted by molar-refractivity contribution is 7.92. The molecule has 1 rings (SSSR count). The minimum absolute atomic E-state index is 0.278. The third kappa shape index (κ3) is 2.11. The molecule has 0 saturated carbocycles. The number of carboxylic acids is 1. The Bertz CT molecular complexity index is 482. The molecule has 1 atom stereocenters. The van der Waals surface area contributed by atoms with Gasteiger partial charge in [-0.1, -0.05) is 0 Å². The van der Waals surface area contributed by atoms with Crippen LogP contribution < -0.4 is 0 Å². The lowest BCUT2D eigenvalue weighted by molar-refractivity contribution is -0.156. The van der Waals surface area contributed by atoms with Gasteiger partial charge in [0.25, 0.3) is 0 Å². The second-order valence-electron chi connectivity index (χ2n) is 5.42. The van der Waals surface area contributed by atoms with E-state index in [1.165, 1.54) is 25.7 Å². The van der Waals surface area contributed by atoms with E-state index in [-0.39, 0.29) is 6.54 Å². The molecule has 1 N–H and O–H groups in total. The number of likely N-dealkylation sites (tertiary alicyclic amines) is 1. The van der Waals surface area contributed by atoms with Crippen LogP contribution in [0.2, 0.25) is 0 Å². The number of carboxylic acid groups (broad SMARTS) is 1. The molecule has 0 aromatic carbocycles. The average Bonchev–Trinajstić information content (AvgIpc) is 2.58. The summed E-state index contributed by atoms with van der Waals surface area (Å²) in [5.74, 6) is -1.75. The highest BCUT2D eigenvalue weighted by Crippen LogP contribution is 2.33. The number of aliphatic carboxylic acids is 1. The molecular weight excluding hydrogens is 258 g/mol. The highest BCUT2D eigenvalue weighted by atomic mass is 32.2. The normalized spacial score (nSPS) is 25.2. The Morgan fingerprint density at radius 3 is 2.22 bits per heavy atom. The van der Waals surface area contributed by atoms with Gasteiger partial charge in [-0.05, 0) is 33.6 Å². The van der Waals surface area contributed by atoms with Crippen LogP contribution in [0, 0.1) is 0 Å². The third-order valence-corrected chi connectivity index (χ3v) is 5.82. The molecule has 0 spiro atoms. The molecule has 0 aromatic heterocycles. The average molecular weight is 277 g/mol. The summed E-state index contributed by atoms with van der Waals surface area (Å²) in [5, 5.41) is 9.22. The van der Waals surface area contributed by atoms with Gasteiger partial charge in [-0.3, -0.25) is 4.79 Å². The fraction of sp³-hybridized carbons (Fsp3) is 0.818. The van der Waals surface area contributed by atoms with E-state index in [0.717, 1.165) is 6.26 Å². The molecule has 6 nitrogen and oxygen atoms in total. The van der Waals surface area contributed by atoms with Crippen molar-refractivity contribution in [3.8, 4) is 0 Å². The van der Waals surface area contributed by atoms with E-state index in [4.69, 9.17) is 0 Å². The molecular formula is C11H19NO5S. The number of rotatable bonds is 3. The Balaban J connectivity index is 3.17. The second-order valence-corrected chi connectivity index (χ2v) is 7.99. The summed E-state index contributed by atoms with van der Waals surface area (Å²) >= 11 is 0. The quantitative estimate of drug-likeness (QED) is 0.799. The maximum Gasteiger partial charge on any atom is 0.329 e. The fourth-order valence-electron chi connectivity index (χ4n) is 1.99. The van der Waals surface area contributed by atoms with E-state index in [1.54, 1.807) is 0 Å². The van der Waals surface area contributed by atoms with Gasteiger partial charge in [0.1, 0.15) is 10.3 Å². The standard InChI is InChI=1S/C11H19NO5S/c1-10(2,18(4,16)17)8(13)12-7-5-6-11(12,3)9(14)15/h5-7H2,1-4H3,(H,14,15). The van der Waals surface area contributed by atoms with Crippen molar-refractivity contribution in [2.75, 3.05) is 12.8 Å². The van der Waals surface area contributed by atoms with Crippen LogP contribution in [-0.2, 0) is 19.4 Å². The zero-order valence-electron chi connectivity index (χ0n) is 11.1. The number of sulfone groups is 1. The third-order valence-electron chi connectivity index (χ3n) is 3.79. The Morgan fingerprint density at radius 2 is 1.83 bits per heavy atom. The highest BCUT2D eigenvalue weighted by Gasteiger charge is 2.52. The first-order chi connectivity index (χ1) is 7.94. The minimum Gasteiger partial charge on any atom is -0.480 e. The molecule has 1 unspecified atom stereocenters. The van der Waals surface area contributed by atoms with Crippen LogP contribution in [-0.4, -0.2) is 53.4 Å². The van der Waals surface area contributed by atoms with Crippen molar-refractivity contribution >= 4 is 21.7 Å². The summed E-state index contributed by atoms with van der Waals surface area (Å²) in [7, 11) is -3.60. The molecule has 1 fully saturated rings. The van der Waals surface area contributed by atoms with Gasteiger partial charge in [0.2, 0.25) is 5.91 Å². The lowest BCUT2D eigenvalue weighted by Gasteiger charge is -2.36. The summed E-state index contributed by atoms with van der Waals surface area (Å²) in [4.78, 5) is 24.8. The second kappa shape index (κ2) is 4.22. The van der Waals surface area contributed by atoms with Crippen LogP contribution in [0.4, 0.5) is 0 Å². The summed E-state index contributed by atoms with van der Waals surface area (Å²) in [6.45, 7) is 4.36. The molecule has 104 valence electrons. The van der Waals surface area contributed by atoms with Crippen molar-refractivity contribution in [2.24, 2.45) is 0 Å². The lowest BCUT2D eigenvalue weighted by atomic mass is 9.98. The van der Waals surface area contributed by atoms with Gasteiger partial charge in [-0.2, -0.15) is 0 Å². The molecule has 0 bridgehead atoms. The first-order valence-corrected chi connectivity index (χ1v) is 7.59. The smallest absolute Gasteiger partial charge is 0.329 e. The Labute approximate surface area is 107 Å². The predicted octanol–water partition coefficient (Wildman–Crippen LogP) is 0.275. The largest absolute Gasteiger partial charge is 0.480 e. The summed E-state index contributed by atoms with van der Waals surface area (Å²) in [6, 6.07) is 0. The lowest BCUT2D eigenvalue weighted by Crippen LogP contribution is -2.58. The van der Waals surface area contributed by atoms with Gasteiger partial charge in [0, 0.05) is 12.8 Å². The van der Waals surface area contributed by atoms with Crippen LogP contribution in [0.3, 0.4) is 0 Å². The van der Waals surface area contributed by atoms with Crippen LogP contribution in [0.1, 0.15) is 33.6 Å². The van der Waals surface area contributed by atoms with Gasteiger partial charge < -0.3 is 10.0 Å². The van der Waals surface area contributed by atoms with Crippen molar-refractivity contribution < 1.29 is 23.1 Å². The number of amides is 1.